The van der Waals surface area contributed by atoms with E-state index in [9.17, 15) is 9.59 Å². The average Bonchev–Trinajstić information content (AvgIpc) is 3.12. The van der Waals surface area contributed by atoms with Crippen LogP contribution in [0.25, 0.3) is 0 Å². The van der Waals surface area contributed by atoms with Gasteiger partial charge in [-0.1, -0.05) is 258 Å². The molecule has 298 valence electrons. The van der Waals surface area contributed by atoms with Crippen molar-refractivity contribution in [1.29, 1.82) is 0 Å². The molecule has 0 aromatic heterocycles. The summed E-state index contributed by atoms with van der Waals surface area (Å²) in [6.07, 6.45) is 53.7. The molecule has 4 heteroatoms. The number of ether oxygens (including phenoxy) is 2. The predicted molar refractivity (Wildman–Crippen MR) is 218 cm³/mol. The largest absolute Gasteiger partial charge is 0.457 e. The lowest BCUT2D eigenvalue weighted by molar-refractivity contribution is -0.167. The zero-order valence-corrected chi connectivity index (χ0v) is 34.3. The van der Waals surface area contributed by atoms with E-state index in [0.717, 1.165) is 25.7 Å². The molecule has 0 heterocycles. The van der Waals surface area contributed by atoms with Gasteiger partial charge in [0.05, 0.1) is 13.2 Å². The zero-order chi connectivity index (χ0) is 36.3. The second-order valence-electron chi connectivity index (χ2n) is 15.7. The van der Waals surface area contributed by atoms with Crippen molar-refractivity contribution in [2.45, 2.75) is 271 Å². The van der Waals surface area contributed by atoms with Crippen LogP contribution in [0.5, 0.6) is 0 Å². The molecule has 0 aromatic carbocycles. The first-order chi connectivity index (χ1) is 24.7. The van der Waals surface area contributed by atoms with Crippen molar-refractivity contribution in [2.24, 2.45) is 0 Å². The molecule has 0 saturated heterocycles. The van der Waals surface area contributed by atoms with Gasteiger partial charge in [-0.15, -0.1) is 0 Å². The van der Waals surface area contributed by atoms with Crippen LogP contribution >= 0.6 is 0 Å². The lowest BCUT2D eigenvalue weighted by atomic mass is 10.0. The van der Waals surface area contributed by atoms with Gasteiger partial charge in [-0.05, 0) is 12.8 Å². The van der Waals surface area contributed by atoms with Gasteiger partial charge in [0.25, 0.3) is 0 Å². The smallest absolute Gasteiger partial charge is 0.417 e. The molecule has 0 aliphatic rings. The van der Waals surface area contributed by atoms with Gasteiger partial charge in [0, 0.05) is 0 Å². The van der Waals surface area contributed by atoms with Crippen molar-refractivity contribution < 1.29 is 19.1 Å². The first-order valence-electron chi connectivity index (χ1n) is 23.1. The van der Waals surface area contributed by atoms with Crippen molar-refractivity contribution >= 4 is 11.9 Å². The molecular weight excluding hydrogens is 617 g/mol. The van der Waals surface area contributed by atoms with Crippen LogP contribution in [0.2, 0.25) is 0 Å². The van der Waals surface area contributed by atoms with E-state index in [2.05, 4.69) is 13.8 Å². The van der Waals surface area contributed by atoms with Crippen LogP contribution in [0.3, 0.4) is 0 Å². The van der Waals surface area contributed by atoms with Gasteiger partial charge in [-0.3, -0.25) is 0 Å². The normalized spacial score (nSPS) is 11.3. The van der Waals surface area contributed by atoms with E-state index in [1.165, 1.54) is 231 Å². The molecule has 0 saturated carbocycles. The summed E-state index contributed by atoms with van der Waals surface area (Å²) in [6.45, 7) is 5.23. The Morgan fingerprint density at radius 2 is 0.380 bits per heavy atom. The minimum absolute atomic E-state index is 0.326. The number of hydrogen-bond donors (Lipinski definition) is 0. The van der Waals surface area contributed by atoms with E-state index in [4.69, 9.17) is 9.47 Å². The van der Waals surface area contributed by atoms with Crippen molar-refractivity contribution in [2.75, 3.05) is 13.2 Å². The molecule has 0 unspecified atom stereocenters. The number of rotatable bonds is 42. The molecule has 0 bridgehead atoms. The third-order valence-corrected chi connectivity index (χ3v) is 10.6. The Labute approximate surface area is 314 Å². The van der Waals surface area contributed by atoms with Crippen molar-refractivity contribution in [3.8, 4) is 0 Å². The Bertz CT molecular complexity index is 607. The Balaban J connectivity index is 3.25. The summed E-state index contributed by atoms with van der Waals surface area (Å²) >= 11 is 0. The lowest BCUT2D eigenvalue weighted by Crippen LogP contribution is -2.21. The molecule has 0 spiro atoms. The highest BCUT2D eigenvalue weighted by Gasteiger charge is 2.16. The molecule has 4 nitrogen and oxygen atoms in total. The van der Waals surface area contributed by atoms with Crippen LogP contribution in [0, 0.1) is 0 Å². The van der Waals surface area contributed by atoms with Crippen molar-refractivity contribution in [3.63, 3.8) is 0 Å². The molecule has 0 atom stereocenters. The first kappa shape index (κ1) is 48.9. The molecule has 50 heavy (non-hydrogen) atoms. The summed E-state index contributed by atoms with van der Waals surface area (Å²) in [7, 11) is 0. The van der Waals surface area contributed by atoms with Gasteiger partial charge in [0.2, 0.25) is 0 Å². The topological polar surface area (TPSA) is 52.6 Å². The van der Waals surface area contributed by atoms with Gasteiger partial charge in [-0.2, -0.15) is 0 Å². The molecule has 0 N–H and O–H groups in total. The van der Waals surface area contributed by atoms with E-state index in [-0.39, 0.29) is 0 Å². The van der Waals surface area contributed by atoms with Gasteiger partial charge in [-0.25, -0.2) is 9.59 Å². The van der Waals surface area contributed by atoms with Gasteiger partial charge >= 0.3 is 11.9 Å². The van der Waals surface area contributed by atoms with E-state index in [1.807, 2.05) is 0 Å². The molecule has 0 rings (SSSR count). The first-order valence-corrected chi connectivity index (χ1v) is 23.1. The molecular formula is C46H90O4. The SMILES string of the molecule is CCCCCCCCCCCCCCCCCCCCCCOC(=O)C(=O)OCCCCCCCCCCCCCCCCCCCCCC. The van der Waals surface area contributed by atoms with Crippen LogP contribution in [0.1, 0.15) is 271 Å². The molecule has 0 aromatic rings. The molecule has 0 amide bonds. The van der Waals surface area contributed by atoms with Crippen LogP contribution in [0.15, 0.2) is 0 Å². The van der Waals surface area contributed by atoms with E-state index in [0.29, 0.717) is 13.2 Å². The molecule has 0 radical (unpaired) electrons. The Kier molecular flexibility index (Phi) is 43.2. The summed E-state index contributed by atoms with van der Waals surface area (Å²) in [5, 5.41) is 0. The fourth-order valence-corrected chi connectivity index (χ4v) is 7.16. The van der Waals surface area contributed by atoms with E-state index < -0.39 is 11.9 Å². The quantitative estimate of drug-likeness (QED) is 0.0360. The monoisotopic (exact) mass is 707 g/mol. The van der Waals surface area contributed by atoms with Crippen molar-refractivity contribution in [3.05, 3.63) is 0 Å². The van der Waals surface area contributed by atoms with Crippen LogP contribution < -0.4 is 0 Å². The third-order valence-electron chi connectivity index (χ3n) is 10.6. The number of esters is 2. The van der Waals surface area contributed by atoms with Crippen molar-refractivity contribution in [1.82, 2.24) is 0 Å². The number of carbonyl (C=O) groups excluding carboxylic acids is 2. The standard InChI is InChI=1S/C46H90O4/c1-3-5-7-9-11-13-15-17-19-21-23-25-27-29-31-33-35-37-39-41-43-49-45(47)46(48)50-44-42-40-38-36-34-32-30-28-26-24-22-20-18-16-14-12-10-8-6-4-2/h3-44H2,1-2H3. The van der Waals surface area contributed by atoms with Crippen LogP contribution in [-0.4, -0.2) is 25.2 Å². The average molecular weight is 707 g/mol. The maximum atomic E-state index is 11.9. The second-order valence-corrected chi connectivity index (χ2v) is 15.7. The molecule has 0 aliphatic heterocycles. The maximum absolute atomic E-state index is 11.9. The maximum Gasteiger partial charge on any atom is 0.417 e. The summed E-state index contributed by atoms with van der Waals surface area (Å²) in [6, 6.07) is 0. The number of hydrogen-bond acceptors (Lipinski definition) is 4. The van der Waals surface area contributed by atoms with Gasteiger partial charge < -0.3 is 9.47 Å². The molecule has 0 aliphatic carbocycles. The van der Waals surface area contributed by atoms with Gasteiger partial charge in [0.15, 0.2) is 0 Å². The van der Waals surface area contributed by atoms with Gasteiger partial charge in [0.1, 0.15) is 0 Å². The predicted octanol–water partition coefficient (Wildman–Crippen LogP) is 15.7. The lowest BCUT2D eigenvalue weighted by Gasteiger charge is -2.06. The number of unbranched alkanes of at least 4 members (excludes halogenated alkanes) is 38. The number of carbonyl (C=O) groups is 2. The summed E-state index contributed by atoms with van der Waals surface area (Å²) in [5.74, 6) is -1.65. The highest BCUT2D eigenvalue weighted by Crippen LogP contribution is 2.16. The highest BCUT2D eigenvalue weighted by molar-refractivity contribution is 6.29. The second kappa shape index (κ2) is 44.1. The summed E-state index contributed by atoms with van der Waals surface area (Å²) < 4.78 is 10.2. The fraction of sp³-hybridized carbons (Fsp3) is 0.957. The van der Waals surface area contributed by atoms with Crippen LogP contribution in [-0.2, 0) is 19.1 Å². The zero-order valence-electron chi connectivity index (χ0n) is 34.3. The Morgan fingerprint density at radius 3 is 0.540 bits per heavy atom. The fourth-order valence-electron chi connectivity index (χ4n) is 7.16. The summed E-state index contributed by atoms with van der Waals surface area (Å²) in [5.41, 5.74) is 0. The Hall–Kier alpha value is -1.06. The van der Waals surface area contributed by atoms with E-state index in [1.54, 1.807) is 0 Å². The highest BCUT2D eigenvalue weighted by atomic mass is 16.6. The molecule has 0 fully saturated rings. The van der Waals surface area contributed by atoms with Crippen LogP contribution in [0.4, 0.5) is 0 Å². The third kappa shape index (κ3) is 41.4. The minimum atomic E-state index is -0.823. The van der Waals surface area contributed by atoms with E-state index >= 15 is 0 Å². The Morgan fingerprint density at radius 1 is 0.240 bits per heavy atom. The minimum Gasteiger partial charge on any atom is -0.457 e. The summed E-state index contributed by atoms with van der Waals surface area (Å²) in [4.78, 5) is 23.8.